The van der Waals surface area contributed by atoms with Crippen molar-refractivity contribution in [3.63, 3.8) is 0 Å². The first-order chi connectivity index (χ1) is 14.3. The highest BCUT2D eigenvalue weighted by molar-refractivity contribution is 5.86. The number of likely N-dealkylation sites (tertiary alicyclic amines) is 1. The van der Waals surface area contributed by atoms with E-state index in [9.17, 15) is 9.59 Å². The van der Waals surface area contributed by atoms with Crippen molar-refractivity contribution < 1.29 is 9.59 Å². The van der Waals surface area contributed by atoms with Gasteiger partial charge in [-0.2, -0.15) is 0 Å². The van der Waals surface area contributed by atoms with E-state index in [4.69, 9.17) is 0 Å². The smallest absolute Gasteiger partial charge is 0.228 e. The Balaban J connectivity index is 1.80. The summed E-state index contributed by atoms with van der Waals surface area (Å²) in [7, 11) is 0. The van der Waals surface area contributed by atoms with Crippen LogP contribution in [-0.4, -0.2) is 40.8 Å². The molecular formula is C25H33N3O2. The molecular weight excluding hydrogens is 374 g/mol. The Kier molecular flexibility index (Phi) is 6.91. The number of pyridine rings is 1. The fraction of sp³-hybridized carbons (Fsp3) is 0.480. The summed E-state index contributed by atoms with van der Waals surface area (Å²) >= 11 is 0. The molecule has 5 nitrogen and oxygen atoms in total. The molecule has 160 valence electrons. The number of nitrogens with one attached hydrogen (secondary N) is 1. The molecule has 5 heteroatoms. The van der Waals surface area contributed by atoms with Gasteiger partial charge in [-0.1, -0.05) is 44.2 Å². The molecule has 0 saturated carbocycles. The van der Waals surface area contributed by atoms with E-state index in [1.54, 1.807) is 6.20 Å². The van der Waals surface area contributed by atoms with Crippen molar-refractivity contribution in [3.8, 4) is 11.1 Å². The Morgan fingerprint density at radius 3 is 2.43 bits per heavy atom. The second-order valence-corrected chi connectivity index (χ2v) is 9.19. The molecule has 30 heavy (non-hydrogen) atoms. The Labute approximate surface area is 179 Å². The lowest BCUT2D eigenvalue weighted by atomic mass is 9.79. The highest BCUT2D eigenvalue weighted by Gasteiger charge is 2.46. The minimum atomic E-state index is -0.577. The van der Waals surface area contributed by atoms with Crippen molar-refractivity contribution in [2.75, 3.05) is 13.1 Å². The molecule has 2 amide bonds. The minimum Gasteiger partial charge on any atom is -0.353 e. The number of hydrogen-bond acceptors (Lipinski definition) is 3. The lowest BCUT2D eigenvalue weighted by Gasteiger charge is -2.29. The molecule has 1 aromatic heterocycles. The van der Waals surface area contributed by atoms with E-state index >= 15 is 0 Å². The molecule has 0 spiro atoms. The monoisotopic (exact) mass is 407 g/mol. The van der Waals surface area contributed by atoms with Crippen LogP contribution in [0, 0.1) is 11.3 Å². The number of amides is 2. The van der Waals surface area contributed by atoms with Crippen molar-refractivity contribution in [1.29, 1.82) is 0 Å². The summed E-state index contributed by atoms with van der Waals surface area (Å²) in [6, 6.07) is 12.4. The van der Waals surface area contributed by atoms with Crippen LogP contribution in [0.1, 0.15) is 46.1 Å². The highest BCUT2D eigenvalue weighted by Crippen LogP contribution is 2.36. The normalized spacial score (nSPS) is 18.8. The van der Waals surface area contributed by atoms with Crippen LogP contribution < -0.4 is 5.32 Å². The van der Waals surface area contributed by atoms with Gasteiger partial charge < -0.3 is 10.2 Å². The van der Waals surface area contributed by atoms with Gasteiger partial charge in [0.1, 0.15) is 0 Å². The van der Waals surface area contributed by atoms with Gasteiger partial charge in [0.15, 0.2) is 0 Å². The van der Waals surface area contributed by atoms with E-state index < -0.39 is 5.41 Å². The van der Waals surface area contributed by atoms with Gasteiger partial charge in [-0.05, 0) is 55.4 Å². The highest BCUT2D eigenvalue weighted by atomic mass is 16.2. The molecule has 1 aromatic carbocycles. The maximum atomic E-state index is 13.2. The van der Waals surface area contributed by atoms with E-state index in [-0.39, 0.29) is 17.9 Å². The Bertz CT molecular complexity index is 862. The lowest BCUT2D eigenvalue weighted by molar-refractivity contribution is -0.134. The third-order valence-corrected chi connectivity index (χ3v) is 5.68. The molecule has 0 aliphatic carbocycles. The summed E-state index contributed by atoms with van der Waals surface area (Å²) in [6.07, 6.45) is 5.47. The molecule has 1 fully saturated rings. The zero-order valence-corrected chi connectivity index (χ0v) is 18.5. The second-order valence-electron chi connectivity index (χ2n) is 9.19. The summed E-state index contributed by atoms with van der Waals surface area (Å²) in [5, 5.41) is 3.10. The maximum absolute atomic E-state index is 13.2. The summed E-state index contributed by atoms with van der Waals surface area (Å²) < 4.78 is 0. The minimum absolute atomic E-state index is 0.0497. The van der Waals surface area contributed by atoms with Crippen LogP contribution >= 0.6 is 0 Å². The average molecular weight is 408 g/mol. The Hall–Kier alpha value is -2.69. The number of rotatable bonds is 7. The molecule has 1 N–H and O–H groups in total. The molecule has 1 aliphatic rings. The molecule has 2 aromatic rings. The van der Waals surface area contributed by atoms with Gasteiger partial charge in [-0.3, -0.25) is 14.6 Å². The van der Waals surface area contributed by atoms with Crippen molar-refractivity contribution >= 4 is 11.8 Å². The molecule has 1 atom stereocenters. The van der Waals surface area contributed by atoms with E-state index in [0.717, 1.165) is 16.7 Å². The molecule has 1 saturated heterocycles. The van der Waals surface area contributed by atoms with E-state index in [1.807, 2.05) is 37.1 Å². The fourth-order valence-electron chi connectivity index (χ4n) is 4.13. The molecule has 0 bridgehead atoms. The van der Waals surface area contributed by atoms with Crippen LogP contribution in [0.4, 0.5) is 0 Å². The first-order valence-corrected chi connectivity index (χ1v) is 10.9. The van der Waals surface area contributed by atoms with Crippen LogP contribution in [0.25, 0.3) is 11.1 Å². The molecule has 0 unspecified atom stereocenters. The number of benzene rings is 1. The number of hydrogen-bond donors (Lipinski definition) is 1. The first kappa shape index (κ1) is 22.0. The largest absolute Gasteiger partial charge is 0.353 e. The van der Waals surface area contributed by atoms with Crippen LogP contribution in [0.15, 0.2) is 48.8 Å². The quantitative estimate of drug-likeness (QED) is 0.752. The Morgan fingerprint density at radius 2 is 1.83 bits per heavy atom. The van der Waals surface area contributed by atoms with Crippen LogP contribution in [0.3, 0.4) is 0 Å². The molecule has 3 rings (SSSR count). The lowest BCUT2D eigenvalue weighted by Crippen LogP contribution is -2.47. The molecule has 0 radical (unpaired) electrons. The van der Waals surface area contributed by atoms with Crippen molar-refractivity contribution in [2.45, 2.75) is 53.0 Å². The summed E-state index contributed by atoms with van der Waals surface area (Å²) in [4.78, 5) is 31.9. The zero-order chi connectivity index (χ0) is 21.7. The van der Waals surface area contributed by atoms with Gasteiger partial charge in [0, 0.05) is 37.9 Å². The molecule has 1 aliphatic heterocycles. The Morgan fingerprint density at radius 1 is 1.10 bits per heavy atom. The number of aromatic nitrogens is 1. The SMILES string of the molecule is CC(C)CC(=O)N1CC[C@@](Cc2ccc(-c3cccnc3)cc2)(C(=O)NC(C)C)C1. The van der Waals surface area contributed by atoms with E-state index in [0.29, 0.717) is 38.3 Å². The summed E-state index contributed by atoms with van der Waals surface area (Å²) in [5.41, 5.74) is 2.71. The van der Waals surface area contributed by atoms with Gasteiger partial charge in [0.05, 0.1) is 5.41 Å². The van der Waals surface area contributed by atoms with Crippen molar-refractivity contribution in [1.82, 2.24) is 15.2 Å². The zero-order valence-electron chi connectivity index (χ0n) is 18.5. The van der Waals surface area contributed by atoms with Gasteiger partial charge in [0.25, 0.3) is 0 Å². The average Bonchev–Trinajstić information content (AvgIpc) is 3.14. The number of carbonyl (C=O) groups excluding carboxylic acids is 2. The fourth-order valence-corrected chi connectivity index (χ4v) is 4.13. The number of carbonyl (C=O) groups is 2. The van der Waals surface area contributed by atoms with Crippen molar-refractivity contribution in [2.24, 2.45) is 11.3 Å². The standard InChI is InChI=1S/C25H33N3O2/c1-18(2)14-23(29)28-13-11-25(17-28,24(30)27-19(3)4)15-20-7-9-21(10-8-20)22-6-5-12-26-16-22/h5-10,12,16,18-19H,11,13-15,17H2,1-4H3,(H,27,30)/t25-/m0/s1. The molecule has 2 heterocycles. The predicted octanol–water partition coefficient (Wildman–Crippen LogP) is 4.08. The van der Waals surface area contributed by atoms with Gasteiger partial charge in [-0.15, -0.1) is 0 Å². The second kappa shape index (κ2) is 9.41. The summed E-state index contributed by atoms with van der Waals surface area (Å²) in [5.74, 6) is 0.516. The third kappa shape index (κ3) is 5.26. The third-order valence-electron chi connectivity index (χ3n) is 5.68. The van der Waals surface area contributed by atoms with E-state index in [1.165, 1.54) is 0 Å². The predicted molar refractivity (Wildman–Crippen MR) is 120 cm³/mol. The van der Waals surface area contributed by atoms with Gasteiger partial charge in [0.2, 0.25) is 11.8 Å². The van der Waals surface area contributed by atoms with Crippen LogP contribution in [-0.2, 0) is 16.0 Å². The van der Waals surface area contributed by atoms with E-state index in [2.05, 4.69) is 48.4 Å². The summed E-state index contributed by atoms with van der Waals surface area (Å²) in [6.45, 7) is 9.19. The maximum Gasteiger partial charge on any atom is 0.228 e. The van der Waals surface area contributed by atoms with Crippen LogP contribution in [0.5, 0.6) is 0 Å². The van der Waals surface area contributed by atoms with Crippen molar-refractivity contribution in [3.05, 3.63) is 54.4 Å². The van der Waals surface area contributed by atoms with Gasteiger partial charge >= 0.3 is 0 Å². The van der Waals surface area contributed by atoms with Crippen LogP contribution in [0.2, 0.25) is 0 Å². The number of nitrogens with zero attached hydrogens (tertiary/aromatic N) is 2. The topological polar surface area (TPSA) is 62.3 Å². The first-order valence-electron chi connectivity index (χ1n) is 10.9. The van der Waals surface area contributed by atoms with Gasteiger partial charge in [-0.25, -0.2) is 0 Å².